The van der Waals surface area contributed by atoms with E-state index in [1.807, 2.05) is 27.9 Å². The first-order valence-electron chi connectivity index (χ1n) is 5.36. The molecule has 7 heteroatoms. The first kappa shape index (κ1) is 13.9. The fourth-order valence-electron chi connectivity index (χ4n) is 1.07. The molecule has 0 radical (unpaired) electrons. The Kier molecular flexibility index (Phi) is 5.37. The molecule has 1 unspecified atom stereocenters. The summed E-state index contributed by atoms with van der Waals surface area (Å²) in [4.78, 5) is 13.7. The second-order valence-electron chi connectivity index (χ2n) is 3.67. The second kappa shape index (κ2) is 6.56. The molecule has 0 aliphatic carbocycles. The van der Waals surface area contributed by atoms with Crippen LogP contribution in [0.2, 0.25) is 5.28 Å². The molecular weight excluding hydrogens is 244 g/mol. The molecule has 1 atom stereocenters. The van der Waals surface area contributed by atoms with Gasteiger partial charge in [0.1, 0.15) is 6.10 Å². The topological polar surface area (TPSA) is 60.4 Å². The van der Waals surface area contributed by atoms with Gasteiger partial charge >= 0.3 is 6.01 Å². The number of anilines is 1. The van der Waals surface area contributed by atoms with Crippen LogP contribution in [-0.2, 0) is 4.74 Å². The normalized spacial score (nSPS) is 12.3. The Morgan fingerprint density at radius 1 is 1.29 bits per heavy atom. The van der Waals surface area contributed by atoms with Crippen LogP contribution < -0.4 is 9.64 Å². The van der Waals surface area contributed by atoms with Crippen molar-refractivity contribution in [2.24, 2.45) is 0 Å². The molecule has 0 aliphatic heterocycles. The highest BCUT2D eigenvalue weighted by molar-refractivity contribution is 6.28. The molecule has 0 N–H and O–H groups in total. The maximum absolute atomic E-state index is 5.78. The Balaban J connectivity index is 2.70. The van der Waals surface area contributed by atoms with Crippen LogP contribution in [0.4, 0.5) is 5.95 Å². The van der Waals surface area contributed by atoms with E-state index in [0.717, 1.165) is 0 Å². The zero-order valence-electron chi connectivity index (χ0n) is 10.5. The van der Waals surface area contributed by atoms with Crippen LogP contribution in [-0.4, -0.2) is 48.4 Å². The van der Waals surface area contributed by atoms with E-state index < -0.39 is 0 Å². The summed E-state index contributed by atoms with van der Waals surface area (Å²) >= 11 is 5.78. The third-order valence-electron chi connectivity index (χ3n) is 1.84. The molecule has 0 saturated heterocycles. The van der Waals surface area contributed by atoms with Gasteiger partial charge in [-0.3, -0.25) is 0 Å². The fourth-order valence-corrected chi connectivity index (χ4v) is 1.22. The molecular formula is C10H17ClN4O2. The minimum absolute atomic E-state index is 0.113. The summed E-state index contributed by atoms with van der Waals surface area (Å²) in [6, 6.07) is 0.209. The molecule has 17 heavy (non-hydrogen) atoms. The monoisotopic (exact) mass is 260 g/mol. The van der Waals surface area contributed by atoms with E-state index in [4.69, 9.17) is 21.1 Å². The predicted octanol–water partition coefficient (Wildman–Crippen LogP) is 1.39. The number of rotatable bonds is 6. The van der Waals surface area contributed by atoms with Gasteiger partial charge in [-0.1, -0.05) is 0 Å². The van der Waals surface area contributed by atoms with Gasteiger partial charge in [0.15, 0.2) is 0 Å². The maximum Gasteiger partial charge on any atom is 0.322 e. The summed E-state index contributed by atoms with van der Waals surface area (Å²) < 4.78 is 10.7. The van der Waals surface area contributed by atoms with E-state index in [2.05, 4.69) is 15.0 Å². The van der Waals surface area contributed by atoms with Gasteiger partial charge in [0.25, 0.3) is 0 Å². The van der Waals surface area contributed by atoms with Crippen molar-refractivity contribution in [2.75, 3.05) is 32.2 Å². The third-order valence-corrected chi connectivity index (χ3v) is 2.01. The van der Waals surface area contributed by atoms with Crippen molar-refractivity contribution < 1.29 is 9.47 Å². The lowest BCUT2D eigenvalue weighted by Gasteiger charge is -2.15. The number of halogens is 1. The predicted molar refractivity (Wildman–Crippen MR) is 65.7 cm³/mol. The summed E-state index contributed by atoms with van der Waals surface area (Å²) in [5, 5.41) is 0.113. The first-order valence-corrected chi connectivity index (χ1v) is 5.74. The van der Waals surface area contributed by atoms with Gasteiger partial charge in [-0.2, -0.15) is 15.0 Å². The van der Waals surface area contributed by atoms with Crippen LogP contribution in [0, 0.1) is 0 Å². The molecule has 96 valence electrons. The van der Waals surface area contributed by atoms with Crippen LogP contribution in [0.15, 0.2) is 0 Å². The molecule has 6 nitrogen and oxygen atoms in total. The standard InChI is InChI=1S/C10H17ClN4O2/c1-5-16-6-7(2)17-10-13-8(11)12-9(14-10)15(3)4/h7H,5-6H2,1-4H3. The zero-order valence-corrected chi connectivity index (χ0v) is 11.2. The number of aromatic nitrogens is 3. The molecule has 1 rings (SSSR count). The molecule has 0 aromatic carbocycles. The molecule has 1 aromatic rings. The molecule has 1 aromatic heterocycles. The Morgan fingerprint density at radius 2 is 2.00 bits per heavy atom. The summed E-state index contributed by atoms with van der Waals surface area (Å²) in [6.45, 7) is 4.94. The summed E-state index contributed by atoms with van der Waals surface area (Å²) in [5.41, 5.74) is 0. The van der Waals surface area contributed by atoms with Gasteiger partial charge in [-0.05, 0) is 25.4 Å². The summed E-state index contributed by atoms with van der Waals surface area (Å²) in [6.07, 6.45) is -0.136. The van der Waals surface area contributed by atoms with Gasteiger partial charge in [-0.15, -0.1) is 0 Å². The SMILES string of the molecule is CCOCC(C)Oc1nc(Cl)nc(N(C)C)n1. The summed E-state index contributed by atoms with van der Waals surface area (Å²) in [7, 11) is 3.64. The van der Waals surface area contributed by atoms with Crippen molar-refractivity contribution in [3.8, 4) is 6.01 Å². The average molecular weight is 261 g/mol. The van der Waals surface area contributed by atoms with Gasteiger partial charge in [-0.25, -0.2) is 0 Å². The Hall–Kier alpha value is -1.14. The number of ether oxygens (including phenoxy) is 2. The van der Waals surface area contributed by atoms with Gasteiger partial charge in [0, 0.05) is 20.7 Å². The van der Waals surface area contributed by atoms with E-state index in [1.165, 1.54) is 0 Å². The smallest absolute Gasteiger partial charge is 0.322 e. The Bertz CT molecular complexity index is 362. The Labute approximate surface area is 106 Å². The van der Waals surface area contributed by atoms with Gasteiger partial charge in [0.05, 0.1) is 6.61 Å². The van der Waals surface area contributed by atoms with Gasteiger partial charge < -0.3 is 14.4 Å². The molecule has 0 aliphatic rings. The molecule has 0 spiro atoms. The van der Waals surface area contributed by atoms with Crippen LogP contribution in [0.1, 0.15) is 13.8 Å². The van der Waals surface area contributed by atoms with Crippen LogP contribution in [0.25, 0.3) is 0 Å². The quantitative estimate of drug-likeness (QED) is 0.770. The molecule has 1 heterocycles. The van der Waals surface area contributed by atoms with E-state index in [1.54, 1.807) is 4.90 Å². The van der Waals surface area contributed by atoms with Crippen molar-refractivity contribution >= 4 is 17.5 Å². The van der Waals surface area contributed by atoms with E-state index in [-0.39, 0.29) is 17.4 Å². The van der Waals surface area contributed by atoms with Crippen molar-refractivity contribution in [3.05, 3.63) is 5.28 Å². The summed E-state index contributed by atoms with van der Waals surface area (Å²) in [5.74, 6) is 0.462. The molecule has 0 fully saturated rings. The van der Waals surface area contributed by atoms with Crippen molar-refractivity contribution in [1.82, 2.24) is 15.0 Å². The van der Waals surface area contributed by atoms with E-state index in [9.17, 15) is 0 Å². The van der Waals surface area contributed by atoms with Crippen molar-refractivity contribution in [1.29, 1.82) is 0 Å². The highest BCUT2D eigenvalue weighted by Crippen LogP contribution is 2.14. The minimum atomic E-state index is -0.136. The van der Waals surface area contributed by atoms with Crippen LogP contribution in [0.3, 0.4) is 0 Å². The first-order chi connectivity index (χ1) is 8.02. The molecule has 0 bridgehead atoms. The van der Waals surface area contributed by atoms with E-state index >= 15 is 0 Å². The fraction of sp³-hybridized carbons (Fsp3) is 0.700. The Morgan fingerprint density at radius 3 is 2.59 bits per heavy atom. The highest BCUT2D eigenvalue weighted by atomic mass is 35.5. The lowest BCUT2D eigenvalue weighted by Crippen LogP contribution is -2.21. The van der Waals surface area contributed by atoms with Crippen molar-refractivity contribution in [3.63, 3.8) is 0 Å². The largest absolute Gasteiger partial charge is 0.458 e. The third kappa shape index (κ3) is 4.70. The molecule has 0 saturated carbocycles. The minimum Gasteiger partial charge on any atom is -0.458 e. The second-order valence-corrected chi connectivity index (χ2v) is 4.01. The van der Waals surface area contributed by atoms with Crippen LogP contribution in [0.5, 0.6) is 6.01 Å². The average Bonchev–Trinajstić information content (AvgIpc) is 2.25. The van der Waals surface area contributed by atoms with Gasteiger partial charge in [0.2, 0.25) is 11.2 Å². The number of hydrogen-bond acceptors (Lipinski definition) is 6. The highest BCUT2D eigenvalue weighted by Gasteiger charge is 2.11. The lowest BCUT2D eigenvalue weighted by molar-refractivity contribution is 0.0606. The molecule has 0 amide bonds. The zero-order chi connectivity index (χ0) is 12.8. The van der Waals surface area contributed by atoms with E-state index in [0.29, 0.717) is 19.2 Å². The van der Waals surface area contributed by atoms with Crippen molar-refractivity contribution in [2.45, 2.75) is 20.0 Å². The van der Waals surface area contributed by atoms with Crippen LogP contribution >= 0.6 is 11.6 Å². The number of hydrogen-bond donors (Lipinski definition) is 0. The maximum atomic E-state index is 5.78. The number of nitrogens with zero attached hydrogens (tertiary/aromatic N) is 4. The lowest BCUT2D eigenvalue weighted by atomic mass is 10.4.